The molecule has 4 rings (SSSR count). The predicted molar refractivity (Wildman–Crippen MR) is 112 cm³/mol. The Labute approximate surface area is 171 Å². The fraction of sp³-hybridized carbons (Fsp3) is 0.391. The second-order valence-corrected chi connectivity index (χ2v) is 7.77. The first-order valence-corrected chi connectivity index (χ1v) is 10.2. The van der Waals surface area contributed by atoms with Crippen LogP contribution in [0.15, 0.2) is 54.6 Å². The van der Waals surface area contributed by atoms with Crippen LogP contribution in [0.3, 0.4) is 0 Å². The van der Waals surface area contributed by atoms with Gasteiger partial charge < -0.3 is 10.0 Å². The number of para-hydroxylation sites is 1. The smallest absolute Gasteiger partial charge is 0.265 e. The number of fused-ring (bicyclic) bond motifs is 1. The summed E-state index contributed by atoms with van der Waals surface area (Å²) in [6.07, 6.45) is -0.257. The summed E-state index contributed by atoms with van der Waals surface area (Å²) >= 11 is 0. The molecule has 152 valence electrons. The monoisotopic (exact) mass is 393 g/mol. The van der Waals surface area contributed by atoms with Crippen molar-refractivity contribution in [1.29, 1.82) is 0 Å². The molecule has 1 unspecified atom stereocenters. The van der Waals surface area contributed by atoms with Crippen LogP contribution in [0.4, 0.5) is 5.69 Å². The summed E-state index contributed by atoms with van der Waals surface area (Å²) in [6, 6.07) is 16.1. The van der Waals surface area contributed by atoms with Gasteiger partial charge in [0.25, 0.3) is 5.91 Å². The molecule has 6 nitrogen and oxygen atoms in total. The van der Waals surface area contributed by atoms with Crippen molar-refractivity contribution in [3.05, 3.63) is 65.7 Å². The minimum atomic E-state index is -1.82. The number of rotatable bonds is 6. The Morgan fingerprint density at radius 1 is 0.966 bits per heavy atom. The molecule has 0 aliphatic carbocycles. The van der Waals surface area contributed by atoms with Crippen molar-refractivity contribution in [2.75, 3.05) is 44.3 Å². The number of carbonyl (C=O) groups excluding carboxylic acids is 2. The maximum atomic E-state index is 13.3. The van der Waals surface area contributed by atoms with Crippen molar-refractivity contribution in [2.24, 2.45) is 0 Å². The van der Waals surface area contributed by atoms with Gasteiger partial charge in [-0.1, -0.05) is 55.5 Å². The van der Waals surface area contributed by atoms with Gasteiger partial charge in [-0.25, -0.2) is 0 Å². The summed E-state index contributed by atoms with van der Waals surface area (Å²) in [4.78, 5) is 32.4. The van der Waals surface area contributed by atoms with Crippen LogP contribution in [0, 0.1) is 0 Å². The van der Waals surface area contributed by atoms with Crippen LogP contribution >= 0.6 is 0 Å². The van der Waals surface area contributed by atoms with Gasteiger partial charge in [-0.05, 0) is 12.6 Å². The molecule has 2 aromatic rings. The van der Waals surface area contributed by atoms with Gasteiger partial charge in [0, 0.05) is 37.3 Å². The van der Waals surface area contributed by atoms with Crippen molar-refractivity contribution < 1.29 is 14.7 Å². The fourth-order valence-electron chi connectivity index (χ4n) is 4.22. The molecule has 0 radical (unpaired) electrons. The highest BCUT2D eigenvalue weighted by atomic mass is 16.3. The lowest BCUT2D eigenvalue weighted by Crippen LogP contribution is -2.52. The quantitative estimate of drug-likeness (QED) is 0.762. The number of Topliss-reactive ketones (excluding diaryl/α,β-unsaturated/α-hetero) is 1. The molecule has 1 fully saturated rings. The van der Waals surface area contributed by atoms with Crippen LogP contribution in [-0.4, -0.2) is 66.0 Å². The minimum Gasteiger partial charge on any atom is -0.375 e. The third-order valence-electron chi connectivity index (χ3n) is 6.01. The number of hydrogen-bond donors (Lipinski definition) is 1. The number of benzene rings is 2. The molecule has 1 N–H and O–H groups in total. The Kier molecular flexibility index (Phi) is 5.50. The third kappa shape index (κ3) is 3.71. The van der Waals surface area contributed by atoms with Gasteiger partial charge in [0.2, 0.25) is 0 Å². The number of likely N-dealkylation sites (N-methyl/N-ethyl adjacent to an activating group) is 1. The van der Waals surface area contributed by atoms with E-state index in [9.17, 15) is 14.7 Å². The molecule has 2 aliphatic rings. The van der Waals surface area contributed by atoms with E-state index in [2.05, 4.69) is 16.7 Å². The number of anilines is 1. The maximum Gasteiger partial charge on any atom is 0.265 e. The van der Waals surface area contributed by atoms with Gasteiger partial charge >= 0.3 is 0 Å². The molecule has 0 spiro atoms. The molecule has 2 aromatic carbocycles. The van der Waals surface area contributed by atoms with Gasteiger partial charge in [0.15, 0.2) is 11.4 Å². The topological polar surface area (TPSA) is 64.1 Å². The predicted octanol–water partition coefficient (Wildman–Crippen LogP) is 2.09. The first-order valence-electron chi connectivity index (χ1n) is 10.2. The zero-order chi connectivity index (χ0) is 20.4. The average Bonchev–Trinajstić information content (AvgIpc) is 2.97. The van der Waals surface area contributed by atoms with Gasteiger partial charge in [-0.2, -0.15) is 0 Å². The van der Waals surface area contributed by atoms with Crippen molar-refractivity contribution in [3.8, 4) is 0 Å². The molecule has 0 bridgehead atoms. The molecule has 6 heteroatoms. The number of aliphatic hydroxyl groups is 1. The number of nitrogens with zero attached hydrogens (tertiary/aromatic N) is 3. The van der Waals surface area contributed by atoms with E-state index < -0.39 is 11.5 Å². The molecule has 1 atom stereocenters. The summed E-state index contributed by atoms with van der Waals surface area (Å²) in [5.74, 6) is -0.657. The van der Waals surface area contributed by atoms with Gasteiger partial charge in [-0.15, -0.1) is 0 Å². The Bertz CT molecular complexity index is 893. The molecule has 1 amide bonds. The summed E-state index contributed by atoms with van der Waals surface area (Å²) in [6.45, 7) is 7.30. The lowest BCUT2D eigenvalue weighted by molar-refractivity contribution is -0.136. The van der Waals surface area contributed by atoms with E-state index in [1.165, 1.54) is 0 Å². The Hall–Kier alpha value is -2.54. The highest BCUT2D eigenvalue weighted by Crippen LogP contribution is 2.42. The second-order valence-electron chi connectivity index (χ2n) is 7.77. The molecular formula is C23H27N3O3. The van der Waals surface area contributed by atoms with E-state index >= 15 is 0 Å². The number of ketones is 1. The average molecular weight is 393 g/mol. The first kappa shape index (κ1) is 19.8. The van der Waals surface area contributed by atoms with E-state index in [0.717, 1.165) is 32.7 Å². The van der Waals surface area contributed by atoms with Crippen molar-refractivity contribution in [3.63, 3.8) is 0 Å². The van der Waals surface area contributed by atoms with Crippen LogP contribution in [0.2, 0.25) is 0 Å². The van der Waals surface area contributed by atoms with Crippen molar-refractivity contribution in [1.82, 2.24) is 9.80 Å². The van der Waals surface area contributed by atoms with Gasteiger partial charge in [0.1, 0.15) is 0 Å². The van der Waals surface area contributed by atoms with E-state index in [0.29, 0.717) is 23.5 Å². The Morgan fingerprint density at radius 2 is 1.59 bits per heavy atom. The Balaban J connectivity index is 1.57. The van der Waals surface area contributed by atoms with Crippen LogP contribution < -0.4 is 4.90 Å². The zero-order valence-electron chi connectivity index (χ0n) is 16.8. The summed E-state index contributed by atoms with van der Waals surface area (Å²) in [5.41, 5.74) is -0.116. The van der Waals surface area contributed by atoms with E-state index in [1.807, 2.05) is 18.2 Å². The second kappa shape index (κ2) is 8.06. The summed E-state index contributed by atoms with van der Waals surface area (Å²) in [5, 5.41) is 11.4. The number of carbonyl (C=O) groups is 2. The Morgan fingerprint density at radius 3 is 2.28 bits per heavy atom. The zero-order valence-corrected chi connectivity index (χ0v) is 16.8. The SMILES string of the molecule is CCN1CCN(CN2C(=O)C(O)(CC(=O)c3ccccc3)c3ccccc32)CC1. The molecule has 0 saturated carbocycles. The molecule has 29 heavy (non-hydrogen) atoms. The lowest BCUT2D eigenvalue weighted by atomic mass is 9.88. The van der Waals surface area contributed by atoms with Crippen molar-refractivity contribution in [2.45, 2.75) is 18.9 Å². The normalized spacial score (nSPS) is 22.7. The number of hydrogen-bond acceptors (Lipinski definition) is 5. The molecule has 2 aliphatic heterocycles. The van der Waals surface area contributed by atoms with E-state index in [-0.39, 0.29) is 12.2 Å². The third-order valence-corrected chi connectivity index (χ3v) is 6.01. The van der Waals surface area contributed by atoms with Crippen LogP contribution in [-0.2, 0) is 10.4 Å². The van der Waals surface area contributed by atoms with Crippen LogP contribution in [0.5, 0.6) is 0 Å². The van der Waals surface area contributed by atoms with Crippen molar-refractivity contribution >= 4 is 17.4 Å². The minimum absolute atomic E-state index is 0.241. The molecule has 1 saturated heterocycles. The maximum absolute atomic E-state index is 13.3. The van der Waals surface area contributed by atoms with Gasteiger partial charge in [0.05, 0.1) is 18.8 Å². The van der Waals surface area contributed by atoms with E-state index in [1.54, 1.807) is 41.3 Å². The molecule has 2 heterocycles. The highest BCUT2D eigenvalue weighted by molar-refractivity contribution is 6.10. The molecule has 0 aromatic heterocycles. The van der Waals surface area contributed by atoms with Gasteiger partial charge in [-0.3, -0.25) is 19.4 Å². The summed E-state index contributed by atoms with van der Waals surface area (Å²) in [7, 11) is 0. The number of amides is 1. The number of piperazine rings is 1. The largest absolute Gasteiger partial charge is 0.375 e. The first-order chi connectivity index (χ1) is 14.0. The van der Waals surface area contributed by atoms with E-state index in [4.69, 9.17) is 0 Å². The molecular weight excluding hydrogens is 366 g/mol. The van der Waals surface area contributed by atoms with Crippen LogP contribution in [0.1, 0.15) is 29.3 Å². The van der Waals surface area contributed by atoms with Crippen LogP contribution in [0.25, 0.3) is 0 Å². The fourth-order valence-corrected chi connectivity index (χ4v) is 4.22. The highest BCUT2D eigenvalue weighted by Gasteiger charge is 2.51. The summed E-state index contributed by atoms with van der Waals surface area (Å²) < 4.78 is 0. The lowest BCUT2D eigenvalue weighted by Gasteiger charge is -2.36. The standard InChI is InChI=1S/C23H27N3O3/c1-2-24-12-14-25(15-13-24)17-26-20-11-7-6-10-19(20)23(29,22(26)28)16-21(27)18-8-4-3-5-9-18/h3-11,29H,2,12-17H2,1H3.